The normalized spacial score (nSPS) is 10.6. The molecule has 0 unspecified atom stereocenters. The van der Waals surface area contributed by atoms with Crippen LogP contribution in [-0.4, -0.2) is 10.2 Å². The van der Waals surface area contributed by atoms with E-state index < -0.39 is 5.82 Å². The van der Waals surface area contributed by atoms with Crippen molar-refractivity contribution >= 4 is 23.2 Å². The molecule has 122 valence electrons. The van der Waals surface area contributed by atoms with Gasteiger partial charge in [-0.15, -0.1) is 0 Å². The van der Waals surface area contributed by atoms with Crippen molar-refractivity contribution in [3.8, 4) is 11.5 Å². The number of ether oxygens (including phenoxy) is 1. The fraction of sp³-hybridized carbons (Fsp3) is 0.0588. The van der Waals surface area contributed by atoms with Gasteiger partial charge in [-0.25, -0.2) is 9.49 Å². The Hall–Kier alpha value is -2.37. The van der Waals surface area contributed by atoms with Crippen LogP contribution in [0.1, 0.15) is 11.3 Å². The topological polar surface area (TPSA) is 55.0 Å². The van der Waals surface area contributed by atoms with Crippen LogP contribution in [0.5, 0.6) is 11.5 Å². The highest BCUT2D eigenvalue weighted by Crippen LogP contribution is 2.30. The van der Waals surface area contributed by atoms with E-state index in [2.05, 4.69) is 10.2 Å². The summed E-state index contributed by atoms with van der Waals surface area (Å²) in [5.41, 5.74) is 1.15. The van der Waals surface area contributed by atoms with Crippen LogP contribution in [0, 0.1) is 5.82 Å². The van der Waals surface area contributed by atoms with Crippen molar-refractivity contribution in [1.82, 2.24) is 10.2 Å². The van der Waals surface area contributed by atoms with Crippen molar-refractivity contribution in [1.29, 1.82) is 0 Å². The molecule has 1 heterocycles. The second-order valence-corrected chi connectivity index (χ2v) is 5.93. The Kier molecular flexibility index (Phi) is 4.83. The van der Waals surface area contributed by atoms with E-state index in [1.54, 1.807) is 36.4 Å². The number of hydrogen-bond donors (Lipinski definition) is 1. The molecule has 0 amide bonds. The van der Waals surface area contributed by atoms with Crippen LogP contribution in [0.15, 0.2) is 53.3 Å². The summed E-state index contributed by atoms with van der Waals surface area (Å²) in [6.45, 7) is 0. The van der Waals surface area contributed by atoms with Crippen LogP contribution in [0.4, 0.5) is 4.39 Å². The van der Waals surface area contributed by atoms with Crippen molar-refractivity contribution in [3.63, 3.8) is 0 Å². The quantitative estimate of drug-likeness (QED) is 0.735. The molecule has 0 spiro atoms. The Labute approximate surface area is 146 Å². The lowest BCUT2D eigenvalue weighted by Crippen LogP contribution is -2.07. The average molecular weight is 365 g/mol. The molecular weight excluding hydrogens is 354 g/mol. The minimum Gasteiger partial charge on any atom is -0.454 e. The molecule has 1 aromatic heterocycles. The van der Waals surface area contributed by atoms with Gasteiger partial charge in [0.15, 0.2) is 11.6 Å². The van der Waals surface area contributed by atoms with E-state index in [1.165, 1.54) is 12.1 Å². The van der Waals surface area contributed by atoms with E-state index >= 15 is 0 Å². The number of halogens is 3. The molecule has 2 aromatic carbocycles. The maximum absolute atomic E-state index is 14.0. The Morgan fingerprint density at radius 2 is 1.79 bits per heavy atom. The molecule has 0 atom stereocenters. The first-order valence-corrected chi connectivity index (χ1v) is 7.72. The minimum absolute atomic E-state index is 0.0512. The molecule has 0 fully saturated rings. The lowest BCUT2D eigenvalue weighted by Gasteiger charge is -2.09. The Balaban J connectivity index is 1.85. The first kappa shape index (κ1) is 16.5. The van der Waals surface area contributed by atoms with Gasteiger partial charge in [0, 0.05) is 22.5 Å². The number of aromatic nitrogens is 2. The molecule has 0 aliphatic rings. The molecule has 0 bridgehead atoms. The minimum atomic E-state index is -0.510. The van der Waals surface area contributed by atoms with Gasteiger partial charge in [-0.3, -0.25) is 4.79 Å². The SMILES string of the molecule is O=c1ccc(Cc2ccc(F)c(Oc3cc(Cl)cc(Cl)c3)c2)n[nH]1. The van der Waals surface area contributed by atoms with E-state index in [0.717, 1.165) is 5.56 Å². The number of aromatic amines is 1. The highest BCUT2D eigenvalue weighted by Gasteiger charge is 2.09. The van der Waals surface area contributed by atoms with Gasteiger partial charge in [-0.1, -0.05) is 29.3 Å². The third kappa shape index (κ3) is 4.13. The van der Waals surface area contributed by atoms with Gasteiger partial charge in [-0.2, -0.15) is 5.10 Å². The van der Waals surface area contributed by atoms with E-state index in [4.69, 9.17) is 27.9 Å². The fourth-order valence-corrected chi connectivity index (χ4v) is 2.64. The fourth-order valence-electron chi connectivity index (χ4n) is 2.13. The van der Waals surface area contributed by atoms with Gasteiger partial charge in [0.1, 0.15) is 5.75 Å². The monoisotopic (exact) mass is 364 g/mol. The van der Waals surface area contributed by atoms with Crippen LogP contribution >= 0.6 is 23.2 Å². The molecule has 3 aromatic rings. The highest BCUT2D eigenvalue weighted by atomic mass is 35.5. The van der Waals surface area contributed by atoms with Gasteiger partial charge < -0.3 is 4.74 Å². The maximum atomic E-state index is 14.0. The summed E-state index contributed by atoms with van der Waals surface area (Å²) < 4.78 is 19.5. The molecule has 1 N–H and O–H groups in total. The van der Waals surface area contributed by atoms with E-state index in [0.29, 0.717) is 27.9 Å². The van der Waals surface area contributed by atoms with Gasteiger partial charge in [0.2, 0.25) is 0 Å². The first-order valence-electron chi connectivity index (χ1n) is 6.96. The van der Waals surface area contributed by atoms with Gasteiger partial charge in [-0.05, 0) is 42.0 Å². The second-order valence-electron chi connectivity index (χ2n) is 5.06. The summed E-state index contributed by atoms with van der Waals surface area (Å²) in [5, 5.41) is 7.07. The lowest BCUT2D eigenvalue weighted by molar-refractivity contribution is 0.441. The molecular formula is C17H11Cl2FN2O2. The zero-order valence-corrected chi connectivity index (χ0v) is 13.7. The van der Waals surface area contributed by atoms with Gasteiger partial charge in [0.25, 0.3) is 5.56 Å². The summed E-state index contributed by atoms with van der Waals surface area (Å²) in [4.78, 5) is 11.0. The number of benzene rings is 2. The number of nitrogens with one attached hydrogen (secondary N) is 1. The van der Waals surface area contributed by atoms with Gasteiger partial charge >= 0.3 is 0 Å². The lowest BCUT2D eigenvalue weighted by atomic mass is 10.1. The van der Waals surface area contributed by atoms with Gasteiger partial charge in [0.05, 0.1) is 5.69 Å². The molecule has 24 heavy (non-hydrogen) atoms. The Morgan fingerprint density at radius 1 is 1.04 bits per heavy atom. The number of nitrogens with zero attached hydrogens (tertiary/aromatic N) is 1. The van der Waals surface area contributed by atoms with Crippen LogP contribution in [-0.2, 0) is 6.42 Å². The van der Waals surface area contributed by atoms with Crippen LogP contribution in [0.2, 0.25) is 10.0 Å². The molecule has 7 heteroatoms. The molecule has 0 aliphatic carbocycles. The van der Waals surface area contributed by atoms with Crippen molar-refractivity contribution in [2.45, 2.75) is 6.42 Å². The summed E-state index contributed by atoms with van der Waals surface area (Å²) in [6.07, 6.45) is 0.420. The highest BCUT2D eigenvalue weighted by molar-refractivity contribution is 6.34. The predicted octanol–water partition coefficient (Wildman–Crippen LogP) is 4.60. The van der Waals surface area contributed by atoms with Crippen molar-refractivity contribution in [2.24, 2.45) is 0 Å². The zero-order chi connectivity index (χ0) is 17.1. The van der Waals surface area contributed by atoms with E-state index in [1.807, 2.05) is 0 Å². The Morgan fingerprint density at radius 3 is 2.46 bits per heavy atom. The van der Waals surface area contributed by atoms with E-state index in [9.17, 15) is 9.18 Å². The standard InChI is InChI=1S/C17H11Cl2FN2O2/c18-11-7-12(19)9-14(8-11)24-16-6-10(1-3-15(16)20)5-13-2-4-17(23)22-21-13/h1-4,6-9H,5H2,(H,22,23). The van der Waals surface area contributed by atoms with Crippen molar-refractivity contribution in [3.05, 3.63) is 86.0 Å². The zero-order valence-electron chi connectivity index (χ0n) is 12.2. The summed E-state index contributed by atoms with van der Waals surface area (Å²) in [7, 11) is 0. The summed E-state index contributed by atoms with van der Waals surface area (Å²) in [6, 6.07) is 12.1. The van der Waals surface area contributed by atoms with Crippen molar-refractivity contribution in [2.75, 3.05) is 0 Å². The molecule has 3 rings (SSSR count). The largest absolute Gasteiger partial charge is 0.454 e. The molecule has 4 nitrogen and oxygen atoms in total. The number of hydrogen-bond acceptors (Lipinski definition) is 3. The maximum Gasteiger partial charge on any atom is 0.264 e. The van der Waals surface area contributed by atoms with Crippen LogP contribution in [0.3, 0.4) is 0 Å². The van der Waals surface area contributed by atoms with Crippen LogP contribution < -0.4 is 10.3 Å². The van der Waals surface area contributed by atoms with Crippen molar-refractivity contribution < 1.29 is 9.13 Å². The average Bonchev–Trinajstić information content (AvgIpc) is 2.52. The third-order valence-electron chi connectivity index (χ3n) is 3.18. The molecule has 0 saturated carbocycles. The van der Waals surface area contributed by atoms with E-state index in [-0.39, 0.29) is 11.3 Å². The Bertz CT molecular complexity index is 903. The predicted molar refractivity (Wildman–Crippen MR) is 90.6 cm³/mol. The first-order chi connectivity index (χ1) is 11.5. The summed E-state index contributed by atoms with van der Waals surface area (Å²) in [5.74, 6) is -0.120. The number of H-pyrrole nitrogens is 1. The molecule has 0 saturated heterocycles. The summed E-state index contributed by atoms with van der Waals surface area (Å²) >= 11 is 11.8. The molecule has 0 radical (unpaired) electrons. The smallest absolute Gasteiger partial charge is 0.264 e. The molecule has 0 aliphatic heterocycles. The third-order valence-corrected chi connectivity index (χ3v) is 3.62. The van der Waals surface area contributed by atoms with Crippen LogP contribution in [0.25, 0.3) is 0 Å². The second kappa shape index (κ2) is 7.03. The number of rotatable bonds is 4.